The Kier molecular flexibility index (Phi) is 3.18. The van der Waals surface area contributed by atoms with Gasteiger partial charge >= 0.3 is 0 Å². The first-order valence-electron chi connectivity index (χ1n) is 3.69. The van der Waals surface area contributed by atoms with E-state index in [2.05, 4.69) is 6.58 Å². The maximum atomic E-state index is 5.98. The number of halogens is 1. The summed E-state index contributed by atoms with van der Waals surface area (Å²) in [7, 11) is 1.63. The quantitative estimate of drug-likeness (QED) is 0.516. The van der Waals surface area contributed by atoms with Crippen LogP contribution in [0.2, 0.25) is 0 Å². The number of allylic oxidation sites excluding steroid dienone is 1. The number of benzene rings is 1. The van der Waals surface area contributed by atoms with E-state index in [4.69, 9.17) is 16.3 Å². The lowest BCUT2D eigenvalue weighted by Crippen LogP contribution is -1.91. The van der Waals surface area contributed by atoms with Crippen molar-refractivity contribution >= 4 is 11.6 Å². The zero-order valence-electron chi connectivity index (χ0n) is 6.96. The maximum absolute atomic E-state index is 5.98. The molecule has 0 N–H and O–H groups in total. The summed E-state index contributed by atoms with van der Waals surface area (Å²) in [5.74, 6) is 0.803. The smallest absolute Gasteiger partial charge is 0.123 e. The number of methoxy groups -OCH3 is 1. The normalized spacial score (nSPS) is 12.2. The van der Waals surface area contributed by atoms with E-state index in [1.165, 1.54) is 0 Å². The van der Waals surface area contributed by atoms with E-state index in [-0.39, 0.29) is 5.38 Å². The highest BCUT2D eigenvalue weighted by Crippen LogP contribution is 2.29. The molecule has 1 nitrogen and oxygen atoms in total. The molecule has 0 radical (unpaired) electrons. The van der Waals surface area contributed by atoms with Crippen LogP contribution in [-0.4, -0.2) is 7.11 Å². The van der Waals surface area contributed by atoms with Crippen molar-refractivity contribution < 1.29 is 4.74 Å². The number of alkyl halides is 1. The molecular formula is C10H11ClO. The van der Waals surface area contributed by atoms with Crippen molar-refractivity contribution in [1.82, 2.24) is 0 Å². The third-order valence-electron chi connectivity index (χ3n) is 1.64. The topological polar surface area (TPSA) is 9.23 Å². The molecule has 0 aliphatic heterocycles. The number of hydrogen-bond acceptors (Lipinski definition) is 1. The van der Waals surface area contributed by atoms with Gasteiger partial charge in [-0.25, -0.2) is 0 Å². The summed E-state index contributed by atoms with van der Waals surface area (Å²) in [5, 5.41) is -0.179. The monoisotopic (exact) mass is 182 g/mol. The van der Waals surface area contributed by atoms with E-state index in [1.54, 1.807) is 13.2 Å². The first-order chi connectivity index (χ1) is 5.79. The lowest BCUT2D eigenvalue weighted by molar-refractivity contribution is 0.410. The van der Waals surface area contributed by atoms with E-state index >= 15 is 0 Å². The molecule has 0 saturated heterocycles. The van der Waals surface area contributed by atoms with Gasteiger partial charge in [0.25, 0.3) is 0 Å². The van der Waals surface area contributed by atoms with Crippen molar-refractivity contribution in [2.75, 3.05) is 7.11 Å². The molecule has 0 saturated carbocycles. The molecule has 1 rings (SSSR count). The number of para-hydroxylation sites is 1. The molecule has 0 bridgehead atoms. The molecule has 2 heteroatoms. The Hall–Kier alpha value is -0.950. The Balaban J connectivity index is 3.04. The van der Waals surface area contributed by atoms with Gasteiger partial charge in [0.15, 0.2) is 0 Å². The van der Waals surface area contributed by atoms with Crippen molar-refractivity contribution in [2.24, 2.45) is 0 Å². The van der Waals surface area contributed by atoms with E-state index in [0.717, 1.165) is 11.3 Å². The van der Waals surface area contributed by atoms with Crippen molar-refractivity contribution in [3.8, 4) is 5.75 Å². The maximum Gasteiger partial charge on any atom is 0.123 e. The molecule has 1 unspecified atom stereocenters. The molecule has 0 fully saturated rings. The Labute approximate surface area is 77.6 Å². The number of hydrogen-bond donors (Lipinski definition) is 0. The Morgan fingerprint density at radius 1 is 1.50 bits per heavy atom. The van der Waals surface area contributed by atoms with E-state index in [0.29, 0.717) is 0 Å². The van der Waals surface area contributed by atoms with Gasteiger partial charge in [-0.15, -0.1) is 18.2 Å². The summed E-state index contributed by atoms with van der Waals surface area (Å²) in [6, 6.07) is 7.65. The molecule has 0 spiro atoms. The molecule has 0 aliphatic carbocycles. The second-order valence-electron chi connectivity index (χ2n) is 2.38. The summed E-state index contributed by atoms with van der Waals surface area (Å²) in [5.41, 5.74) is 0.955. The van der Waals surface area contributed by atoms with Crippen LogP contribution in [0.1, 0.15) is 10.9 Å². The van der Waals surface area contributed by atoms with Crippen molar-refractivity contribution in [1.29, 1.82) is 0 Å². The zero-order valence-corrected chi connectivity index (χ0v) is 7.71. The molecule has 1 aromatic rings. The van der Waals surface area contributed by atoms with E-state index in [1.807, 2.05) is 24.3 Å². The average molecular weight is 183 g/mol. The van der Waals surface area contributed by atoms with Gasteiger partial charge in [0, 0.05) is 5.56 Å². The van der Waals surface area contributed by atoms with Crippen molar-refractivity contribution in [3.05, 3.63) is 42.5 Å². The van der Waals surface area contributed by atoms with Gasteiger partial charge in [0.05, 0.1) is 12.5 Å². The molecule has 0 aliphatic rings. The lowest BCUT2D eigenvalue weighted by atomic mass is 10.1. The van der Waals surface area contributed by atoms with Crippen LogP contribution in [0.4, 0.5) is 0 Å². The second-order valence-corrected chi connectivity index (χ2v) is 2.85. The minimum absolute atomic E-state index is 0.179. The lowest BCUT2D eigenvalue weighted by Gasteiger charge is -2.09. The van der Waals surface area contributed by atoms with Gasteiger partial charge in [0.2, 0.25) is 0 Å². The summed E-state index contributed by atoms with van der Waals surface area (Å²) >= 11 is 5.98. The summed E-state index contributed by atoms with van der Waals surface area (Å²) in [4.78, 5) is 0. The van der Waals surface area contributed by atoms with Crippen LogP contribution < -0.4 is 4.74 Å². The fraction of sp³-hybridized carbons (Fsp3) is 0.200. The minimum atomic E-state index is -0.179. The van der Waals surface area contributed by atoms with Crippen LogP contribution in [0.25, 0.3) is 0 Å². The number of rotatable bonds is 3. The van der Waals surface area contributed by atoms with E-state index < -0.39 is 0 Å². The first-order valence-corrected chi connectivity index (χ1v) is 4.12. The van der Waals surface area contributed by atoms with Crippen molar-refractivity contribution in [3.63, 3.8) is 0 Å². The highest BCUT2D eigenvalue weighted by atomic mass is 35.5. The molecule has 0 aromatic heterocycles. The van der Waals surface area contributed by atoms with Gasteiger partial charge < -0.3 is 4.74 Å². The SMILES string of the molecule is C=CC(Cl)c1ccccc1OC. The molecule has 0 amide bonds. The minimum Gasteiger partial charge on any atom is -0.496 e. The molecule has 1 aromatic carbocycles. The Bertz CT molecular complexity index is 270. The summed E-state index contributed by atoms with van der Waals surface area (Å²) in [6.45, 7) is 3.62. The van der Waals surface area contributed by atoms with Crippen LogP contribution >= 0.6 is 11.6 Å². The molecule has 1 atom stereocenters. The Morgan fingerprint density at radius 3 is 2.75 bits per heavy atom. The van der Waals surface area contributed by atoms with Gasteiger partial charge in [-0.05, 0) is 6.07 Å². The zero-order chi connectivity index (χ0) is 8.97. The molecule has 64 valence electrons. The summed E-state index contributed by atoms with van der Waals surface area (Å²) < 4.78 is 5.14. The van der Waals surface area contributed by atoms with Gasteiger partial charge in [-0.3, -0.25) is 0 Å². The predicted octanol–water partition coefficient (Wildman–Crippen LogP) is 3.16. The van der Waals surface area contributed by atoms with E-state index in [9.17, 15) is 0 Å². The second kappa shape index (κ2) is 4.17. The van der Waals surface area contributed by atoms with Crippen LogP contribution in [0.3, 0.4) is 0 Å². The highest BCUT2D eigenvalue weighted by Gasteiger charge is 2.07. The first kappa shape index (κ1) is 9.14. The van der Waals surface area contributed by atoms with Gasteiger partial charge in [0.1, 0.15) is 5.75 Å². The van der Waals surface area contributed by atoms with Crippen LogP contribution in [0, 0.1) is 0 Å². The highest BCUT2D eigenvalue weighted by molar-refractivity contribution is 6.22. The fourth-order valence-corrected chi connectivity index (χ4v) is 1.20. The third kappa shape index (κ3) is 1.80. The predicted molar refractivity (Wildman–Crippen MR) is 51.8 cm³/mol. The summed E-state index contributed by atoms with van der Waals surface area (Å²) in [6.07, 6.45) is 1.68. The van der Waals surface area contributed by atoms with Crippen molar-refractivity contribution in [2.45, 2.75) is 5.38 Å². The van der Waals surface area contributed by atoms with Gasteiger partial charge in [-0.1, -0.05) is 24.3 Å². The fourth-order valence-electron chi connectivity index (χ4n) is 1.02. The standard InChI is InChI=1S/C10H11ClO/c1-3-9(11)8-6-4-5-7-10(8)12-2/h3-7,9H,1H2,2H3. The molecule has 0 heterocycles. The Morgan fingerprint density at radius 2 is 2.17 bits per heavy atom. The van der Waals surface area contributed by atoms with Crippen LogP contribution in [0.5, 0.6) is 5.75 Å². The third-order valence-corrected chi connectivity index (χ3v) is 2.06. The van der Waals surface area contributed by atoms with Gasteiger partial charge in [-0.2, -0.15) is 0 Å². The number of ether oxygens (including phenoxy) is 1. The largest absolute Gasteiger partial charge is 0.496 e. The molecule has 12 heavy (non-hydrogen) atoms. The van der Waals surface area contributed by atoms with Crippen LogP contribution in [0.15, 0.2) is 36.9 Å². The van der Waals surface area contributed by atoms with Crippen LogP contribution in [-0.2, 0) is 0 Å². The molecular weight excluding hydrogens is 172 g/mol. The average Bonchev–Trinajstić information content (AvgIpc) is 2.16.